The normalized spacial score (nSPS) is 25.3. The molecular formula is C81H144N10O33P-. The highest BCUT2D eigenvalue weighted by Crippen LogP contribution is 2.39. The standard InChI is InChI=1S/C81H145N10O33P/c1-53-43-57(49-121-125(112,113)114-5)91(45-53)68(105)27-13-11-9-7-6-8-10-12-23-58(98)44-81(50-115-40-28-65(102)85-34-20-31-82-62(99)24-14-17-37-118-78-69(88-54(2)95)75(109)72(106)59(46-92)122-78,51-116-41-29-66(103)86-35-21-32-83-63(100)25-15-18-38-119-79-70(89-55(3)96)76(110)73(107)60(47-93)123-79)52-117-42-30-67(104)87-36-22-33-84-64(101)26-16-19-39-120-80-71(90-56(4)97)77(111)74(108)61(48-94)124-80/h53,57,59-61,69-80,92-94,106-111H,6-52H2,1-5H3,(H,82,99)(H,83,100)(H,84,101)(H,85,102)(H,86,103)(H,87,104)(H,88,95)(H,89,96)(H,90,97)(H,112,113)/p-1/t53-,57+,59?,60?,61?,69?,70?,71?,72?,73?,74?,75?,76?,77?,78?,79?,80?,81?/m1/s1. The van der Waals surface area contributed by atoms with Crippen LogP contribution in [-0.4, -0.2) is 352 Å². The minimum atomic E-state index is -4.44. The Hall–Kier alpha value is -6.24. The zero-order valence-electron chi connectivity index (χ0n) is 73.3. The third-order valence-electron chi connectivity index (χ3n) is 21.4. The largest absolute Gasteiger partial charge is 0.756 e. The Bertz CT molecular complexity index is 2970. The molecule has 0 aromatic carbocycles. The Morgan fingerprint density at radius 3 is 1.03 bits per heavy atom. The lowest BCUT2D eigenvalue weighted by atomic mass is 9.84. The minimum absolute atomic E-state index is 0.0507. The number of ether oxygens (including phenoxy) is 9. The lowest BCUT2D eigenvalue weighted by Crippen LogP contribution is -2.64. The summed E-state index contributed by atoms with van der Waals surface area (Å²) in [4.78, 5) is 154. The summed E-state index contributed by atoms with van der Waals surface area (Å²) >= 11 is 0. The van der Waals surface area contributed by atoms with Crippen molar-refractivity contribution in [3.63, 3.8) is 0 Å². The van der Waals surface area contributed by atoms with Crippen molar-refractivity contribution >= 4 is 72.7 Å². The van der Waals surface area contributed by atoms with Crippen molar-refractivity contribution < 1.29 is 160 Å². The van der Waals surface area contributed by atoms with Crippen molar-refractivity contribution in [2.45, 2.75) is 299 Å². The van der Waals surface area contributed by atoms with Crippen molar-refractivity contribution in [1.82, 2.24) is 52.8 Å². The van der Waals surface area contributed by atoms with E-state index in [0.29, 0.717) is 90.0 Å². The monoisotopic (exact) mass is 1820 g/mol. The number of phosphoric acid groups is 1. The number of likely N-dealkylation sites (tertiary alicyclic amines) is 1. The second kappa shape index (κ2) is 62.9. The number of aliphatic hydroxyl groups excluding tert-OH is 9. The van der Waals surface area contributed by atoms with Crippen LogP contribution >= 0.6 is 7.82 Å². The molecule has 0 aromatic heterocycles. The number of phosphoric ester groups is 1. The van der Waals surface area contributed by atoms with E-state index in [9.17, 15) is 108 Å². The number of hydrogen-bond donors (Lipinski definition) is 18. The number of aliphatic hydroxyl groups is 9. The number of amides is 10. The molecule has 4 rings (SSSR count). The number of Topliss-reactive ketones (excluding diaryl/α,β-unsaturated/α-hetero) is 1. The van der Waals surface area contributed by atoms with Gasteiger partial charge in [-0.1, -0.05) is 45.4 Å². The average molecular weight is 1820 g/mol. The second-order valence-corrected chi connectivity index (χ2v) is 33.9. The maximum atomic E-state index is 14.2. The summed E-state index contributed by atoms with van der Waals surface area (Å²) in [5.41, 5.74) is -1.20. The van der Waals surface area contributed by atoms with Gasteiger partial charge in [0.05, 0.1) is 72.1 Å². The minimum Gasteiger partial charge on any atom is -0.756 e. The van der Waals surface area contributed by atoms with E-state index >= 15 is 0 Å². The van der Waals surface area contributed by atoms with Crippen molar-refractivity contribution in [3.8, 4) is 0 Å². The number of nitrogens with one attached hydrogen (secondary N) is 9. The van der Waals surface area contributed by atoms with E-state index in [-0.39, 0.29) is 216 Å². The first-order chi connectivity index (χ1) is 59.8. The smallest absolute Gasteiger partial charge is 0.267 e. The van der Waals surface area contributed by atoms with Crippen LogP contribution in [-0.2, 0) is 109 Å². The van der Waals surface area contributed by atoms with Crippen LogP contribution in [0.4, 0.5) is 0 Å². The Labute approximate surface area is 731 Å². The predicted octanol–water partition coefficient (Wildman–Crippen LogP) is -3.32. The van der Waals surface area contributed by atoms with Crippen molar-refractivity contribution in [2.24, 2.45) is 11.3 Å². The van der Waals surface area contributed by atoms with E-state index in [1.54, 1.807) is 4.90 Å². The van der Waals surface area contributed by atoms with Gasteiger partial charge in [0, 0.05) is 157 Å². The van der Waals surface area contributed by atoms with Crippen LogP contribution < -0.4 is 52.7 Å². The van der Waals surface area contributed by atoms with Crippen LogP contribution in [0.3, 0.4) is 0 Å². The molecule has 0 bridgehead atoms. The van der Waals surface area contributed by atoms with Gasteiger partial charge in [-0.25, -0.2) is 0 Å². The summed E-state index contributed by atoms with van der Waals surface area (Å²) in [6, 6.07) is -3.67. The zero-order valence-corrected chi connectivity index (χ0v) is 74.2. The maximum absolute atomic E-state index is 14.2. The maximum Gasteiger partial charge on any atom is 0.267 e. The lowest BCUT2D eigenvalue weighted by Gasteiger charge is -2.42. The summed E-state index contributed by atoms with van der Waals surface area (Å²) < 4.78 is 73.7. The molecule has 44 heteroatoms. The van der Waals surface area contributed by atoms with Crippen LogP contribution in [0.5, 0.6) is 0 Å². The molecule has 10 amide bonds. The molecule has 18 atom stereocenters. The third-order valence-corrected chi connectivity index (χ3v) is 22.3. The van der Waals surface area contributed by atoms with Crippen LogP contribution in [0, 0.1) is 11.3 Å². The molecule has 4 saturated heterocycles. The first kappa shape index (κ1) is 111. The molecule has 0 aliphatic carbocycles. The van der Waals surface area contributed by atoms with Crippen molar-refractivity contribution in [2.75, 3.05) is 139 Å². The van der Waals surface area contributed by atoms with Gasteiger partial charge in [-0.15, -0.1) is 0 Å². The molecule has 722 valence electrons. The summed E-state index contributed by atoms with van der Waals surface area (Å²) in [5.74, 6) is -3.35. The van der Waals surface area contributed by atoms with Gasteiger partial charge < -0.3 is 155 Å². The first-order valence-corrected chi connectivity index (χ1v) is 45.4. The quantitative estimate of drug-likeness (QED) is 0.0209. The van der Waals surface area contributed by atoms with E-state index < -0.39 is 143 Å². The number of unbranched alkanes of at least 4 members (excludes halogenated alkanes) is 10. The molecular weight excluding hydrogens is 1670 g/mol. The molecule has 4 fully saturated rings. The molecule has 43 nitrogen and oxygen atoms in total. The molecule has 18 N–H and O–H groups in total. The second-order valence-electron chi connectivity index (χ2n) is 32.4. The highest BCUT2D eigenvalue weighted by atomic mass is 31.2. The summed E-state index contributed by atoms with van der Waals surface area (Å²) in [6.45, 7) is 5.00. The van der Waals surface area contributed by atoms with Crippen molar-refractivity contribution in [3.05, 3.63) is 0 Å². The lowest BCUT2D eigenvalue weighted by molar-refractivity contribution is -0.270. The SMILES string of the molecule is COP(=O)([O-])OC[C@@H]1C[C@@H](C)CN1C(=O)CCCCCCCCCCC(=O)CC(COCCC(=O)NCCCNC(=O)CCCCOC1OC(CO)C(O)C(O)C1NC(C)=O)(COCCC(=O)NCCCNC(=O)CCCCOC1OC(CO)C(O)C(O)C1NC(C)=O)COCCC(=O)NCCCNC(=O)CCCCOC1OC(CO)C(O)C(O)C1NC(C)=O. The first-order valence-electron chi connectivity index (χ1n) is 44.0. The Kier molecular flexibility index (Phi) is 55.9. The number of ketones is 1. The molecule has 4 aliphatic heterocycles. The molecule has 0 aromatic rings. The van der Waals surface area contributed by atoms with Gasteiger partial charge in [-0.3, -0.25) is 57.3 Å². The molecule has 4 heterocycles. The van der Waals surface area contributed by atoms with Crippen LogP contribution in [0.25, 0.3) is 0 Å². The number of rotatable bonds is 68. The highest BCUT2D eigenvalue weighted by molar-refractivity contribution is 7.45. The van der Waals surface area contributed by atoms with Crippen molar-refractivity contribution in [1.29, 1.82) is 0 Å². The third kappa shape index (κ3) is 45.2. The van der Waals surface area contributed by atoms with Gasteiger partial charge in [0.1, 0.15) is 78.8 Å². The summed E-state index contributed by atoms with van der Waals surface area (Å²) in [7, 11) is -3.42. The van der Waals surface area contributed by atoms with Gasteiger partial charge >= 0.3 is 0 Å². The number of carbonyl (C=O) groups excluding carboxylic acids is 11. The van der Waals surface area contributed by atoms with E-state index in [4.69, 9.17) is 47.2 Å². The molecule has 125 heavy (non-hydrogen) atoms. The Morgan fingerprint density at radius 1 is 0.416 bits per heavy atom. The Morgan fingerprint density at radius 2 is 0.720 bits per heavy atom. The number of hydrogen-bond acceptors (Lipinski definition) is 33. The highest BCUT2D eigenvalue weighted by Gasteiger charge is 2.48. The van der Waals surface area contributed by atoms with E-state index in [2.05, 4.69) is 52.4 Å². The zero-order chi connectivity index (χ0) is 92.1. The van der Waals surface area contributed by atoms with Gasteiger partial charge in [0.15, 0.2) is 18.9 Å². The van der Waals surface area contributed by atoms with Crippen LogP contribution in [0.1, 0.15) is 201 Å². The topological polar surface area (TPSA) is 623 Å². The number of nitrogens with zero attached hydrogens (tertiary/aromatic N) is 1. The fourth-order valence-corrected chi connectivity index (χ4v) is 15.0. The molecule has 16 unspecified atom stereocenters. The number of carbonyl (C=O) groups is 11. The predicted molar refractivity (Wildman–Crippen MR) is 442 cm³/mol. The van der Waals surface area contributed by atoms with Gasteiger partial charge in [-0.05, 0) is 83.0 Å². The van der Waals surface area contributed by atoms with Gasteiger partial charge in [0.25, 0.3) is 7.82 Å². The fourth-order valence-electron chi connectivity index (χ4n) is 14.6. The van der Waals surface area contributed by atoms with Crippen LogP contribution in [0.15, 0.2) is 0 Å². The van der Waals surface area contributed by atoms with E-state index in [1.165, 1.54) is 20.8 Å². The fraction of sp³-hybridized carbons (Fsp3) is 0.864. The Balaban J connectivity index is 1.31. The molecule has 0 radical (unpaired) electrons. The van der Waals surface area contributed by atoms with E-state index in [1.807, 2.05) is 6.92 Å². The molecule has 0 saturated carbocycles. The molecule has 0 spiro atoms. The molecule has 4 aliphatic rings. The van der Waals surface area contributed by atoms with Gasteiger partial charge in [-0.2, -0.15) is 0 Å². The van der Waals surface area contributed by atoms with Gasteiger partial charge in [0.2, 0.25) is 59.1 Å². The average Bonchev–Trinajstić information content (AvgIpc) is 1.57. The summed E-state index contributed by atoms with van der Waals surface area (Å²) in [6.07, 6.45) is -4.77. The van der Waals surface area contributed by atoms with Crippen LogP contribution in [0.2, 0.25) is 0 Å². The summed E-state index contributed by atoms with van der Waals surface area (Å²) in [5, 5.41) is 116. The van der Waals surface area contributed by atoms with E-state index in [0.717, 1.165) is 45.6 Å².